The van der Waals surface area contributed by atoms with Gasteiger partial charge in [0.15, 0.2) is 0 Å². The minimum Gasteiger partial charge on any atom is -0.347 e. The van der Waals surface area contributed by atoms with E-state index in [1.54, 1.807) is 11.3 Å². The van der Waals surface area contributed by atoms with Crippen molar-refractivity contribution >= 4 is 22.2 Å². The fourth-order valence-corrected chi connectivity index (χ4v) is 3.45. The second-order valence-corrected chi connectivity index (χ2v) is 6.19. The molecule has 0 aliphatic carbocycles. The number of benzene rings is 1. The monoisotopic (exact) mass is 299 g/mol. The highest BCUT2D eigenvalue weighted by atomic mass is 32.1. The van der Waals surface area contributed by atoms with Crippen molar-refractivity contribution in [2.24, 2.45) is 0 Å². The maximum absolute atomic E-state index is 4.33. The first-order chi connectivity index (χ1) is 10.3. The van der Waals surface area contributed by atoms with E-state index in [-0.39, 0.29) is 0 Å². The van der Waals surface area contributed by atoms with Gasteiger partial charge in [0, 0.05) is 41.5 Å². The van der Waals surface area contributed by atoms with Crippen LogP contribution in [0.1, 0.15) is 23.1 Å². The molecule has 0 bridgehead atoms. The third-order valence-corrected chi connectivity index (χ3v) is 4.89. The quantitative estimate of drug-likeness (QED) is 0.751. The third kappa shape index (κ3) is 3.01. The number of thiazole rings is 1. The van der Waals surface area contributed by atoms with Crippen molar-refractivity contribution in [1.82, 2.24) is 14.9 Å². The third-order valence-electron chi connectivity index (χ3n) is 3.89. The number of hydrogen-bond donors (Lipinski definition) is 1. The van der Waals surface area contributed by atoms with Crippen LogP contribution in [0, 0.1) is 6.92 Å². The number of aryl methyl sites for hydroxylation is 3. The molecule has 21 heavy (non-hydrogen) atoms. The van der Waals surface area contributed by atoms with Crippen molar-refractivity contribution in [3.05, 3.63) is 52.1 Å². The van der Waals surface area contributed by atoms with Crippen molar-refractivity contribution < 1.29 is 0 Å². The van der Waals surface area contributed by atoms with Crippen LogP contribution in [0.2, 0.25) is 0 Å². The van der Waals surface area contributed by atoms with E-state index in [9.17, 15) is 0 Å². The summed E-state index contributed by atoms with van der Waals surface area (Å²) in [6, 6.07) is 8.82. The molecule has 0 radical (unpaired) electrons. The Morgan fingerprint density at radius 3 is 2.95 bits per heavy atom. The molecule has 0 atom stereocenters. The Hall–Kier alpha value is -1.65. The van der Waals surface area contributed by atoms with Gasteiger partial charge in [0.25, 0.3) is 0 Å². The normalized spacial score (nSPS) is 11.3. The summed E-state index contributed by atoms with van der Waals surface area (Å²) < 4.78 is 2.35. The van der Waals surface area contributed by atoms with Crippen LogP contribution in [-0.2, 0) is 19.5 Å². The number of fused-ring (bicyclic) bond motifs is 1. The van der Waals surface area contributed by atoms with E-state index in [4.69, 9.17) is 0 Å². The predicted octanol–water partition coefficient (Wildman–Crippen LogP) is 3.76. The standard InChI is InChI=1S/C17H21N3S/c1-3-18-11-14-5-4-6-16-15(14)7-9-20(16)10-8-17-13(2)19-12-21-17/h4-7,9,12,18H,3,8,10-11H2,1-2H3. The smallest absolute Gasteiger partial charge is 0.0797 e. The Balaban J connectivity index is 1.81. The van der Waals surface area contributed by atoms with Gasteiger partial charge in [0.2, 0.25) is 0 Å². The van der Waals surface area contributed by atoms with Crippen LogP contribution in [0.4, 0.5) is 0 Å². The van der Waals surface area contributed by atoms with Crippen LogP contribution in [0.5, 0.6) is 0 Å². The summed E-state index contributed by atoms with van der Waals surface area (Å²) in [5.74, 6) is 0. The van der Waals surface area contributed by atoms with Crippen molar-refractivity contribution in [3.8, 4) is 0 Å². The Labute approximate surface area is 129 Å². The summed E-state index contributed by atoms with van der Waals surface area (Å²) in [5, 5.41) is 4.77. The van der Waals surface area contributed by atoms with Crippen LogP contribution in [-0.4, -0.2) is 16.1 Å². The average molecular weight is 299 g/mol. The summed E-state index contributed by atoms with van der Waals surface area (Å²) in [7, 11) is 0. The molecule has 1 N–H and O–H groups in total. The van der Waals surface area contributed by atoms with Crippen LogP contribution in [0.25, 0.3) is 10.9 Å². The number of hydrogen-bond acceptors (Lipinski definition) is 3. The van der Waals surface area contributed by atoms with Crippen molar-refractivity contribution in [2.45, 2.75) is 33.4 Å². The zero-order valence-electron chi connectivity index (χ0n) is 12.6. The molecule has 3 nitrogen and oxygen atoms in total. The van der Waals surface area contributed by atoms with Gasteiger partial charge in [-0.05, 0) is 31.2 Å². The lowest BCUT2D eigenvalue weighted by molar-refractivity contribution is 0.723. The highest BCUT2D eigenvalue weighted by molar-refractivity contribution is 7.09. The van der Waals surface area contributed by atoms with E-state index in [2.05, 4.69) is 59.2 Å². The molecule has 0 unspecified atom stereocenters. The molecule has 3 rings (SSSR count). The van der Waals surface area contributed by atoms with E-state index in [0.717, 1.165) is 26.1 Å². The van der Waals surface area contributed by atoms with Crippen LogP contribution >= 0.6 is 11.3 Å². The van der Waals surface area contributed by atoms with Gasteiger partial charge in [-0.1, -0.05) is 19.1 Å². The summed E-state index contributed by atoms with van der Waals surface area (Å²) in [4.78, 5) is 5.72. The number of rotatable bonds is 6. The lowest BCUT2D eigenvalue weighted by Crippen LogP contribution is -2.11. The average Bonchev–Trinajstić information content (AvgIpc) is 3.09. The largest absolute Gasteiger partial charge is 0.347 e. The SMILES string of the molecule is CCNCc1cccc2c1ccn2CCc1scnc1C. The molecule has 0 saturated carbocycles. The minimum atomic E-state index is 0.936. The fraction of sp³-hybridized carbons (Fsp3) is 0.353. The van der Waals surface area contributed by atoms with Gasteiger partial charge in [-0.25, -0.2) is 4.98 Å². The second kappa shape index (κ2) is 6.41. The van der Waals surface area contributed by atoms with Gasteiger partial charge in [-0.15, -0.1) is 11.3 Å². The molecular weight excluding hydrogens is 278 g/mol. The molecule has 110 valence electrons. The molecule has 0 fully saturated rings. The Bertz CT molecular complexity index is 727. The van der Waals surface area contributed by atoms with Crippen molar-refractivity contribution in [2.75, 3.05) is 6.54 Å². The van der Waals surface area contributed by atoms with Crippen LogP contribution < -0.4 is 5.32 Å². The maximum atomic E-state index is 4.33. The first kappa shape index (κ1) is 14.3. The van der Waals surface area contributed by atoms with Gasteiger partial charge >= 0.3 is 0 Å². The summed E-state index contributed by atoms with van der Waals surface area (Å²) in [6.07, 6.45) is 3.26. The summed E-state index contributed by atoms with van der Waals surface area (Å²) in [5.41, 5.74) is 5.81. The molecule has 2 heterocycles. The first-order valence-corrected chi connectivity index (χ1v) is 8.34. The minimum absolute atomic E-state index is 0.936. The molecule has 0 aliphatic heterocycles. The zero-order valence-corrected chi connectivity index (χ0v) is 13.4. The van der Waals surface area contributed by atoms with Crippen molar-refractivity contribution in [1.29, 1.82) is 0 Å². The van der Waals surface area contributed by atoms with Crippen molar-refractivity contribution in [3.63, 3.8) is 0 Å². The topological polar surface area (TPSA) is 29.9 Å². The van der Waals surface area contributed by atoms with E-state index in [1.165, 1.54) is 27.0 Å². The Morgan fingerprint density at radius 2 is 2.19 bits per heavy atom. The lowest BCUT2D eigenvalue weighted by atomic mass is 10.1. The number of nitrogens with zero attached hydrogens (tertiary/aromatic N) is 2. The van der Waals surface area contributed by atoms with E-state index in [1.807, 2.05) is 5.51 Å². The van der Waals surface area contributed by atoms with E-state index < -0.39 is 0 Å². The maximum Gasteiger partial charge on any atom is 0.0797 e. The van der Waals surface area contributed by atoms with Gasteiger partial charge in [0.1, 0.15) is 0 Å². The molecular formula is C17H21N3S. The number of nitrogens with one attached hydrogen (secondary N) is 1. The fourth-order valence-electron chi connectivity index (χ4n) is 2.68. The summed E-state index contributed by atoms with van der Waals surface area (Å²) >= 11 is 1.76. The van der Waals surface area contributed by atoms with Crippen LogP contribution in [0.3, 0.4) is 0 Å². The highest BCUT2D eigenvalue weighted by Gasteiger charge is 2.07. The molecule has 2 aromatic heterocycles. The molecule has 0 amide bonds. The number of aromatic nitrogens is 2. The first-order valence-electron chi connectivity index (χ1n) is 7.46. The van der Waals surface area contributed by atoms with E-state index >= 15 is 0 Å². The summed E-state index contributed by atoms with van der Waals surface area (Å²) in [6.45, 7) is 7.18. The Morgan fingerprint density at radius 1 is 1.29 bits per heavy atom. The van der Waals surface area contributed by atoms with Gasteiger partial charge < -0.3 is 9.88 Å². The lowest BCUT2D eigenvalue weighted by Gasteiger charge is -2.07. The van der Waals surface area contributed by atoms with Gasteiger partial charge in [0.05, 0.1) is 11.2 Å². The molecule has 4 heteroatoms. The van der Waals surface area contributed by atoms with Gasteiger partial charge in [-0.3, -0.25) is 0 Å². The van der Waals surface area contributed by atoms with Gasteiger partial charge in [-0.2, -0.15) is 0 Å². The molecule has 0 saturated heterocycles. The zero-order chi connectivity index (χ0) is 14.7. The predicted molar refractivity (Wildman–Crippen MR) is 89.9 cm³/mol. The molecule has 0 aliphatic rings. The molecule has 3 aromatic rings. The molecule has 1 aromatic carbocycles. The van der Waals surface area contributed by atoms with Crippen LogP contribution in [0.15, 0.2) is 36.0 Å². The van der Waals surface area contributed by atoms with E-state index in [0.29, 0.717) is 0 Å². The Kier molecular flexibility index (Phi) is 4.36. The second-order valence-electron chi connectivity index (χ2n) is 5.25. The highest BCUT2D eigenvalue weighted by Crippen LogP contribution is 2.21. The molecule has 0 spiro atoms.